The van der Waals surface area contributed by atoms with Gasteiger partial charge in [-0.1, -0.05) is 31.0 Å². The predicted molar refractivity (Wildman–Crippen MR) is 94.3 cm³/mol. The molecule has 0 saturated heterocycles. The molecule has 1 aromatic carbocycles. The minimum absolute atomic E-state index is 0.0543. The van der Waals surface area contributed by atoms with Crippen LogP contribution in [-0.2, 0) is 16.6 Å². The second kappa shape index (κ2) is 6.14. The van der Waals surface area contributed by atoms with Gasteiger partial charge in [0.2, 0.25) is 11.5 Å². The van der Waals surface area contributed by atoms with E-state index in [1.807, 2.05) is 6.07 Å². The molecule has 0 atom stereocenters. The van der Waals surface area contributed by atoms with Crippen molar-refractivity contribution in [3.05, 3.63) is 63.8 Å². The maximum Gasteiger partial charge on any atom is 0.247 e. The number of H-pyrrole nitrogens is 1. The average molecular weight is 340 g/mol. The van der Waals surface area contributed by atoms with Crippen molar-refractivity contribution in [2.75, 3.05) is 11.4 Å². The second-order valence-corrected chi connectivity index (χ2v) is 7.16. The van der Waals surface area contributed by atoms with Crippen LogP contribution in [0.25, 0.3) is 0 Å². The van der Waals surface area contributed by atoms with Crippen molar-refractivity contribution < 1.29 is 9.18 Å². The zero-order valence-electron chi connectivity index (χ0n) is 14.1. The minimum atomic E-state index is -0.307. The van der Waals surface area contributed by atoms with Gasteiger partial charge in [0.15, 0.2) is 0 Å². The van der Waals surface area contributed by atoms with Gasteiger partial charge in [0.25, 0.3) is 0 Å². The molecule has 130 valence electrons. The van der Waals surface area contributed by atoms with E-state index in [0.717, 1.165) is 36.8 Å². The van der Waals surface area contributed by atoms with Crippen LogP contribution in [0.3, 0.4) is 0 Å². The van der Waals surface area contributed by atoms with Crippen LogP contribution in [0.4, 0.5) is 10.1 Å². The molecule has 1 amide bonds. The van der Waals surface area contributed by atoms with Crippen molar-refractivity contribution in [2.24, 2.45) is 0 Å². The van der Waals surface area contributed by atoms with Crippen LogP contribution in [0, 0.1) is 5.82 Å². The molecule has 2 aromatic rings. The smallest absolute Gasteiger partial charge is 0.247 e. The quantitative estimate of drug-likeness (QED) is 0.932. The minimum Gasteiger partial charge on any atom is -0.329 e. The zero-order chi connectivity index (χ0) is 17.4. The highest BCUT2D eigenvalue weighted by Gasteiger charge is 2.47. The van der Waals surface area contributed by atoms with Gasteiger partial charge in [-0.3, -0.25) is 9.59 Å². The molecule has 4 rings (SSSR count). The number of carbonyl (C=O) groups is 1. The molecule has 1 aliphatic carbocycles. The molecule has 1 N–H and O–H groups in total. The molecule has 1 saturated carbocycles. The molecule has 2 heterocycles. The van der Waals surface area contributed by atoms with E-state index in [2.05, 4.69) is 4.98 Å². The van der Waals surface area contributed by atoms with Gasteiger partial charge >= 0.3 is 0 Å². The normalized spacial score (nSPS) is 17.9. The number of nitrogens with one attached hydrogen (secondary N) is 1. The van der Waals surface area contributed by atoms with Crippen molar-refractivity contribution >= 4 is 11.6 Å². The molecule has 1 spiro atoms. The van der Waals surface area contributed by atoms with Gasteiger partial charge in [-0.25, -0.2) is 4.39 Å². The van der Waals surface area contributed by atoms with Gasteiger partial charge in [0.05, 0.1) is 5.69 Å². The van der Waals surface area contributed by atoms with Crippen LogP contribution in [0.5, 0.6) is 0 Å². The largest absolute Gasteiger partial charge is 0.329 e. The number of aromatic nitrogens is 1. The third-order valence-electron chi connectivity index (χ3n) is 5.63. The highest BCUT2D eigenvalue weighted by Crippen LogP contribution is 2.51. The average Bonchev–Trinajstić information content (AvgIpc) is 3.21. The Morgan fingerprint density at radius 1 is 1.20 bits per heavy atom. The Morgan fingerprint density at radius 3 is 2.72 bits per heavy atom. The van der Waals surface area contributed by atoms with Crippen molar-refractivity contribution in [3.63, 3.8) is 0 Å². The first kappa shape index (κ1) is 16.1. The molecule has 25 heavy (non-hydrogen) atoms. The summed E-state index contributed by atoms with van der Waals surface area (Å²) in [5.41, 5.74) is 2.16. The Balaban J connectivity index is 1.57. The van der Waals surface area contributed by atoms with Gasteiger partial charge in [-0.2, -0.15) is 0 Å². The van der Waals surface area contributed by atoms with E-state index in [1.54, 1.807) is 23.2 Å². The summed E-state index contributed by atoms with van der Waals surface area (Å²) in [7, 11) is 0. The summed E-state index contributed by atoms with van der Waals surface area (Å²) < 4.78 is 14.5. The number of benzene rings is 1. The highest BCUT2D eigenvalue weighted by atomic mass is 19.1. The number of amides is 1. The number of hydrogen-bond donors (Lipinski definition) is 1. The van der Waals surface area contributed by atoms with Crippen molar-refractivity contribution in [2.45, 2.75) is 43.9 Å². The van der Waals surface area contributed by atoms with Crippen LogP contribution >= 0.6 is 0 Å². The number of para-hydroxylation sites is 1. The first-order chi connectivity index (χ1) is 12.1. The number of anilines is 1. The lowest BCUT2D eigenvalue weighted by Gasteiger charge is -2.24. The standard InChI is InChI=1S/C20H21FN2O2/c21-16-5-3-4-15-19(16)23(13-20(15)10-1-2-11-20)18(25)9-7-14-6-8-17(24)22-12-14/h3-6,8,12H,1-2,7,9-11,13H2,(H,22,24). The van der Waals surface area contributed by atoms with E-state index in [4.69, 9.17) is 0 Å². The number of halogens is 1. The third-order valence-corrected chi connectivity index (χ3v) is 5.63. The molecule has 2 aliphatic rings. The van der Waals surface area contributed by atoms with Crippen molar-refractivity contribution in [1.29, 1.82) is 0 Å². The summed E-state index contributed by atoms with van der Waals surface area (Å²) in [6.45, 7) is 0.591. The van der Waals surface area contributed by atoms with E-state index >= 15 is 0 Å². The summed E-state index contributed by atoms with van der Waals surface area (Å²) in [5, 5.41) is 0. The molecule has 4 nitrogen and oxygen atoms in total. The Kier molecular flexibility index (Phi) is 3.94. The first-order valence-corrected chi connectivity index (χ1v) is 8.86. The lowest BCUT2D eigenvalue weighted by Crippen LogP contribution is -2.35. The number of aryl methyl sites for hydroxylation is 1. The van der Waals surface area contributed by atoms with E-state index in [1.165, 1.54) is 12.1 Å². The van der Waals surface area contributed by atoms with E-state index in [9.17, 15) is 14.0 Å². The van der Waals surface area contributed by atoms with Gasteiger partial charge in [-0.15, -0.1) is 0 Å². The number of fused-ring (bicyclic) bond motifs is 2. The lowest BCUT2D eigenvalue weighted by atomic mass is 9.81. The van der Waals surface area contributed by atoms with Crippen LogP contribution in [-0.4, -0.2) is 17.4 Å². The monoisotopic (exact) mass is 340 g/mol. The van der Waals surface area contributed by atoms with Crippen LogP contribution in [0.1, 0.15) is 43.2 Å². The Labute approximate surface area is 145 Å². The first-order valence-electron chi connectivity index (χ1n) is 8.86. The number of pyridine rings is 1. The molecule has 0 unspecified atom stereocenters. The fourth-order valence-electron chi connectivity index (χ4n) is 4.36. The number of hydrogen-bond acceptors (Lipinski definition) is 2. The molecule has 0 radical (unpaired) electrons. The van der Waals surface area contributed by atoms with Crippen molar-refractivity contribution in [3.8, 4) is 0 Å². The topological polar surface area (TPSA) is 53.2 Å². The Morgan fingerprint density at radius 2 is 2.00 bits per heavy atom. The number of rotatable bonds is 3. The number of aromatic amines is 1. The molecule has 1 fully saturated rings. The predicted octanol–water partition coefficient (Wildman–Crippen LogP) is 3.31. The van der Waals surface area contributed by atoms with E-state index in [0.29, 0.717) is 25.1 Å². The zero-order valence-corrected chi connectivity index (χ0v) is 14.1. The van der Waals surface area contributed by atoms with Crippen LogP contribution < -0.4 is 10.5 Å². The van der Waals surface area contributed by atoms with Crippen molar-refractivity contribution in [1.82, 2.24) is 4.98 Å². The summed E-state index contributed by atoms with van der Waals surface area (Å²) >= 11 is 0. The molecular weight excluding hydrogens is 319 g/mol. The fraction of sp³-hybridized carbons (Fsp3) is 0.400. The van der Waals surface area contributed by atoms with Gasteiger partial charge in [-0.05, 0) is 36.5 Å². The summed E-state index contributed by atoms with van der Waals surface area (Å²) in [5.74, 6) is -0.361. The van der Waals surface area contributed by atoms with E-state index < -0.39 is 0 Å². The Hall–Kier alpha value is -2.43. The maximum atomic E-state index is 14.5. The van der Waals surface area contributed by atoms with Crippen LogP contribution in [0.15, 0.2) is 41.3 Å². The van der Waals surface area contributed by atoms with Gasteiger partial charge < -0.3 is 9.88 Å². The second-order valence-electron chi connectivity index (χ2n) is 7.16. The summed E-state index contributed by atoms with van der Waals surface area (Å²) in [4.78, 5) is 28.2. The van der Waals surface area contributed by atoms with E-state index in [-0.39, 0.29) is 22.7 Å². The van der Waals surface area contributed by atoms with Crippen LogP contribution in [0.2, 0.25) is 0 Å². The third kappa shape index (κ3) is 2.77. The lowest BCUT2D eigenvalue weighted by molar-refractivity contribution is -0.118. The molecule has 1 aliphatic heterocycles. The maximum absolute atomic E-state index is 14.5. The molecule has 5 heteroatoms. The van der Waals surface area contributed by atoms with Gasteiger partial charge in [0.1, 0.15) is 5.82 Å². The molecular formula is C20H21FN2O2. The highest BCUT2D eigenvalue weighted by molar-refractivity contribution is 5.96. The molecule has 1 aromatic heterocycles. The summed E-state index contributed by atoms with van der Waals surface area (Å²) in [6, 6.07) is 8.36. The molecule has 0 bridgehead atoms. The van der Waals surface area contributed by atoms with Gasteiger partial charge in [0, 0.05) is 30.6 Å². The number of carbonyl (C=O) groups excluding carboxylic acids is 1. The SMILES string of the molecule is O=C(CCc1ccc(=O)[nH]c1)N1CC2(CCCC2)c2cccc(F)c21. The Bertz CT molecular complexity index is 848. The number of nitrogens with zero attached hydrogens (tertiary/aromatic N) is 1. The summed E-state index contributed by atoms with van der Waals surface area (Å²) in [6.07, 6.45) is 6.77. The fourth-order valence-corrected chi connectivity index (χ4v) is 4.36.